The Hall–Kier alpha value is -0.0900. The summed E-state index contributed by atoms with van der Waals surface area (Å²) in [4.78, 5) is 0. The molecular formula is C11H16IN. The average molecular weight is 289 g/mol. The van der Waals surface area contributed by atoms with Crippen molar-refractivity contribution < 1.29 is 0 Å². The van der Waals surface area contributed by atoms with Gasteiger partial charge in [-0.3, -0.25) is 0 Å². The van der Waals surface area contributed by atoms with Crippen LogP contribution in [0.3, 0.4) is 0 Å². The van der Waals surface area contributed by atoms with Crippen molar-refractivity contribution in [3.8, 4) is 0 Å². The SMILES string of the molecule is CCC[C@@H](N)c1ccc(I)cc1C. The van der Waals surface area contributed by atoms with Crippen molar-refractivity contribution in [2.45, 2.75) is 32.7 Å². The van der Waals surface area contributed by atoms with Crippen LogP contribution in [-0.4, -0.2) is 0 Å². The van der Waals surface area contributed by atoms with Crippen LogP contribution >= 0.6 is 22.6 Å². The predicted octanol–water partition coefficient (Wildman–Crippen LogP) is 3.40. The Morgan fingerprint density at radius 2 is 2.15 bits per heavy atom. The Bertz CT molecular complexity index is 283. The molecule has 0 spiro atoms. The summed E-state index contributed by atoms with van der Waals surface area (Å²) in [5, 5.41) is 0. The molecule has 72 valence electrons. The van der Waals surface area contributed by atoms with E-state index in [1.807, 2.05) is 0 Å². The van der Waals surface area contributed by atoms with E-state index in [0.29, 0.717) is 0 Å². The van der Waals surface area contributed by atoms with Crippen molar-refractivity contribution >= 4 is 22.6 Å². The molecule has 0 unspecified atom stereocenters. The van der Waals surface area contributed by atoms with E-state index >= 15 is 0 Å². The Labute approximate surface area is 93.9 Å². The standard InChI is InChI=1S/C11H16IN/c1-3-4-11(13)10-6-5-9(12)7-8(10)2/h5-7,11H,3-4,13H2,1-2H3/t11-/m1/s1. The normalized spacial score (nSPS) is 12.9. The summed E-state index contributed by atoms with van der Waals surface area (Å²) in [6.07, 6.45) is 2.22. The minimum atomic E-state index is 0.210. The van der Waals surface area contributed by atoms with E-state index in [1.165, 1.54) is 14.7 Å². The molecule has 0 aromatic heterocycles. The molecule has 1 aromatic carbocycles. The molecular weight excluding hydrogens is 273 g/mol. The lowest BCUT2D eigenvalue weighted by atomic mass is 9.99. The van der Waals surface area contributed by atoms with Crippen LogP contribution < -0.4 is 5.73 Å². The molecule has 0 saturated heterocycles. The van der Waals surface area contributed by atoms with E-state index in [0.717, 1.165) is 12.8 Å². The molecule has 0 fully saturated rings. The quantitative estimate of drug-likeness (QED) is 0.848. The zero-order valence-electron chi connectivity index (χ0n) is 8.18. The lowest BCUT2D eigenvalue weighted by Gasteiger charge is -2.13. The minimum absolute atomic E-state index is 0.210. The van der Waals surface area contributed by atoms with E-state index in [1.54, 1.807) is 0 Å². The Balaban J connectivity index is 2.88. The number of nitrogens with two attached hydrogens (primary N) is 1. The summed E-state index contributed by atoms with van der Waals surface area (Å²) < 4.78 is 1.28. The van der Waals surface area contributed by atoms with Gasteiger partial charge in [-0.1, -0.05) is 19.4 Å². The molecule has 1 atom stereocenters. The van der Waals surface area contributed by atoms with Crippen LogP contribution in [0.1, 0.15) is 36.9 Å². The highest BCUT2D eigenvalue weighted by molar-refractivity contribution is 14.1. The lowest BCUT2D eigenvalue weighted by molar-refractivity contribution is 0.635. The smallest absolute Gasteiger partial charge is 0.0297 e. The second-order valence-electron chi connectivity index (χ2n) is 3.40. The van der Waals surface area contributed by atoms with Crippen molar-refractivity contribution in [1.82, 2.24) is 0 Å². The number of benzene rings is 1. The van der Waals surface area contributed by atoms with Crippen LogP contribution in [0.4, 0.5) is 0 Å². The maximum Gasteiger partial charge on any atom is 0.0297 e. The summed E-state index contributed by atoms with van der Waals surface area (Å²) in [5.41, 5.74) is 8.66. The van der Waals surface area contributed by atoms with Crippen molar-refractivity contribution in [3.63, 3.8) is 0 Å². The van der Waals surface area contributed by atoms with E-state index < -0.39 is 0 Å². The van der Waals surface area contributed by atoms with Crippen LogP contribution in [0.5, 0.6) is 0 Å². The van der Waals surface area contributed by atoms with Gasteiger partial charge >= 0.3 is 0 Å². The lowest BCUT2D eigenvalue weighted by Crippen LogP contribution is -2.11. The van der Waals surface area contributed by atoms with Crippen molar-refractivity contribution in [1.29, 1.82) is 0 Å². The van der Waals surface area contributed by atoms with Crippen molar-refractivity contribution in [2.24, 2.45) is 5.73 Å². The van der Waals surface area contributed by atoms with Crippen LogP contribution in [-0.2, 0) is 0 Å². The Morgan fingerprint density at radius 3 is 2.69 bits per heavy atom. The maximum atomic E-state index is 6.05. The highest BCUT2D eigenvalue weighted by atomic mass is 127. The number of aryl methyl sites for hydroxylation is 1. The number of hydrogen-bond donors (Lipinski definition) is 1. The maximum absolute atomic E-state index is 6.05. The van der Waals surface area contributed by atoms with Gasteiger partial charge in [-0.2, -0.15) is 0 Å². The van der Waals surface area contributed by atoms with Crippen LogP contribution in [0, 0.1) is 10.5 Å². The first-order valence-corrected chi connectivity index (χ1v) is 5.74. The zero-order valence-corrected chi connectivity index (χ0v) is 10.3. The monoisotopic (exact) mass is 289 g/mol. The fraction of sp³-hybridized carbons (Fsp3) is 0.455. The van der Waals surface area contributed by atoms with Gasteiger partial charge in [0.15, 0.2) is 0 Å². The Kier molecular flexibility index (Phi) is 4.19. The molecule has 1 nitrogen and oxygen atoms in total. The summed E-state index contributed by atoms with van der Waals surface area (Å²) in [7, 11) is 0. The topological polar surface area (TPSA) is 26.0 Å². The summed E-state index contributed by atoms with van der Waals surface area (Å²) >= 11 is 2.33. The van der Waals surface area contributed by atoms with Gasteiger partial charge in [0.25, 0.3) is 0 Å². The molecule has 2 heteroatoms. The molecule has 0 bridgehead atoms. The van der Waals surface area contributed by atoms with Gasteiger partial charge in [0.05, 0.1) is 0 Å². The summed E-state index contributed by atoms with van der Waals surface area (Å²) in [6, 6.07) is 6.67. The molecule has 13 heavy (non-hydrogen) atoms. The first kappa shape index (κ1) is 11.0. The molecule has 1 aromatic rings. The molecule has 0 aliphatic rings. The molecule has 0 amide bonds. The second-order valence-corrected chi connectivity index (χ2v) is 4.64. The third-order valence-electron chi connectivity index (χ3n) is 2.23. The number of halogens is 1. The second kappa shape index (κ2) is 4.96. The molecule has 0 heterocycles. The summed E-state index contributed by atoms with van der Waals surface area (Å²) in [6.45, 7) is 4.30. The first-order chi connectivity index (χ1) is 6.15. The van der Waals surface area contributed by atoms with E-state index in [2.05, 4.69) is 54.6 Å². The largest absolute Gasteiger partial charge is 0.324 e. The van der Waals surface area contributed by atoms with Gasteiger partial charge < -0.3 is 5.73 Å². The van der Waals surface area contributed by atoms with E-state index in [4.69, 9.17) is 5.73 Å². The predicted molar refractivity (Wildman–Crippen MR) is 65.7 cm³/mol. The van der Waals surface area contributed by atoms with Gasteiger partial charge in [-0.05, 0) is 59.2 Å². The van der Waals surface area contributed by atoms with Gasteiger partial charge in [0, 0.05) is 9.61 Å². The van der Waals surface area contributed by atoms with Crippen LogP contribution in [0.25, 0.3) is 0 Å². The first-order valence-electron chi connectivity index (χ1n) is 4.66. The van der Waals surface area contributed by atoms with E-state index in [9.17, 15) is 0 Å². The van der Waals surface area contributed by atoms with Crippen molar-refractivity contribution in [2.75, 3.05) is 0 Å². The van der Waals surface area contributed by atoms with E-state index in [-0.39, 0.29) is 6.04 Å². The van der Waals surface area contributed by atoms with Gasteiger partial charge in [0.1, 0.15) is 0 Å². The van der Waals surface area contributed by atoms with Gasteiger partial charge in [-0.15, -0.1) is 0 Å². The van der Waals surface area contributed by atoms with Crippen LogP contribution in [0.15, 0.2) is 18.2 Å². The molecule has 0 aliphatic heterocycles. The third-order valence-corrected chi connectivity index (χ3v) is 2.90. The Morgan fingerprint density at radius 1 is 1.46 bits per heavy atom. The van der Waals surface area contributed by atoms with Crippen LogP contribution in [0.2, 0.25) is 0 Å². The summed E-state index contributed by atoms with van der Waals surface area (Å²) in [5.74, 6) is 0. The number of hydrogen-bond acceptors (Lipinski definition) is 1. The highest BCUT2D eigenvalue weighted by Gasteiger charge is 2.07. The van der Waals surface area contributed by atoms with Gasteiger partial charge in [0.2, 0.25) is 0 Å². The molecule has 1 rings (SSSR count). The number of rotatable bonds is 3. The van der Waals surface area contributed by atoms with Crippen molar-refractivity contribution in [3.05, 3.63) is 32.9 Å². The molecule has 0 radical (unpaired) electrons. The molecule has 0 saturated carbocycles. The third kappa shape index (κ3) is 2.95. The minimum Gasteiger partial charge on any atom is -0.324 e. The fourth-order valence-corrected chi connectivity index (χ4v) is 2.17. The average Bonchev–Trinajstić information content (AvgIpc) is 2.04. The molecule has 0 aliphatic carbocycles. The zero-order chi connectivity index (χ0) is 9.84. The van der Waals surface area contributed by atoms with Gasteiger partial charge in [-0.25, -0.2) is 0 Å². The highest BCUT2D eigenvalue weighted by Crippen LogP contribution is 2.21. The fourth-order valence-electron chi connectivity index (χ4n) is 1.52. The molecule has 2 N–H and O–H groups in total.